The second-order valence-electron chi connectivity index (χ2n) is 5.32. The minimum absolute atomic E-state index is 0. The van der Waals surface area contributed by atoms with Crippen molar-refractivity contribution in [2.24, 2.45) is 0 Å². The molecule has 0 radical (unpaired) electrons. The van der Waals surface area contributed by atoms with Gasteiger partial charge in [0.2, 0.25) is 0 Å². The van der Waals surface area contributed by atoms with Gasteiger partial charge in [-0.1, -0.05) is 57.2 Å². The van der Waals surface area contributed by atoms with E-state index in [-0.39, 0.29) is 12.4 Å². The van der Waals surface area contributed by atoms with Crippen molar-refractivity contribution in [2.75, 3.05) is 18.0 Å². The summed E-state index contributed by atoms with van der Waals surface area (Å²) >= 11 is 0. The number of aryl methyl sites for hydroxylation is 1. The quantitative estimate of drug-likeness (QED) is 0.489. The molecule has 0 aliphatic rings. The maximum Gasteiger partial charge on any atom is 0.0398 e. The van der Waals surface area contributed by atoms with Crippen molar-refractivity contribution in [3.05, 3.63) is 29.8 Å². The van der Waals surface area contributed by atoms with Crippen molar-refractivity contribution in [3.63, 3.8) is 0 Å². The van der Waals surface area contributed by atoms with Crippen molar-refractivity contribution >= 4 is 18.1 Å². The molecule has 2 heteroatoms. The first-order chi connectivity index (χ1) is 9.33. The Morgan fingerprint density at radius 3 is 2.05 bits per heavy atom. The zero-order chi connectivity index (χ0) is 13.9. The fraction of sp³-hybridized carbons (Fsp3) is 0.667. The van der Waals surface area contributed by atoms with Gasteiger partial charge in [0.05, 0.1) is 0 Å². The number of anilines is 1. The Morgan fingerprint density at radius 1 is 0.800 bits per heavy atom. The molecule has 20 heavy (non-hydrogen) atoms. The molecule has 1 rings (SSSR count). The standard InChI is InChI=1S/C18H31N.ClH/c1-4-7-8-9-10-11-14-17-15-12-13-16-18(17)19(5-2)6-3;/h12-13,15-16H,4-11,14H2,1-3H3;1H. The Labute approximate surface area is 132 Å². The van der Waals surface area contributed by atoms with Gasteiger partial charge in [-0.25, -0.2) is 0 Å². The van der Waals surface area contributed by atoms with Crippen LogP contribution in [-0.2, 0) is 6.42 Å². The average Bonchev–Trinajstić information content (AvgIpc) is 2.45. The molecule has 0 bridgehead atoms. The number of unbranched alkanes of at least 4 members (excludes halogenated alkanes) is 5. The molecule has 0 amide bonds. The van der Waals surface area contributed by atoms with E-state index in [0.29, 0.717) is 0 Å². The maximum atomic E-state index is 2.46. The van der Waals surface area contributed by atoms with E-state index in [0.717, 1.165) is 13.1 Å². The van der Waals surface area contributed by atoms with Crippen LogP contribution < -0.4 is 4.90 Å². The second-order valence-corrected chi connectivity index (χ2v) is 5.32. The Hall–Kier alpha value is -0.690. The second kappa shape index (κ2) is 12.1. The van der Waals surface area contributed by atoms with Crippen LogP contribution in [0.25, 0.3) is 0 Å². The summed E-state index contributed by atoms with van der Waals surface area (Å²) in [6.07, 6.45) is 9.50. The van der Waals surface area contributed by atoms with Gasteiger partial charge < -0.3 is 4.90 Å². The van der Waals surface area contributed by atoms with E-state index in [4.69, 9.17) is 0 Å². The van der Waals surface area contributed by atoms with Crippen LogP contribution in [0.3, 0.4) is 0 Å². The molecule has 0 fully saturated rings. The lowest BCUT2D eigenvalue weighted by Gasteiger charge is -2.24. The van der Waals surface area contributed by atoms with E-state index >= 15 is 0 Å². The maximum absolute atomic E-state index is 2.46. The Kier molecular flexibility index (Phi) is 11.7. The smallest absolute Gasteiger partial charge is 0.0398 e. The van der Waals surface area contributed by atoms with Crippen LogP contribution in [0.15, 0.2) is 24.3 Å². The molecule has 0 unspecified atom stereocenters. The van der Waals surface area contributed by atoms with Gasteiger partial charge >= 0.3 is 0 Å². The molecule has 0 N–H and O–H groups in total. The summed E-state index contributed by atoms with van der Waals surface area (Å²) in [5.74, 6) is 0. The molecule has 0 heterocycles. The van der Waals surface area contributed by atoms with Crippen molar-refractivity contribution in [1.82, 2.24) is 0 Å². The molecule has 116 valence electrons. The molecule has 0 saturated heterocycles. The van der Waals surface area contributed by atoms with Crippen LogP contribution in [0.1, 0.15) is 64.9 Å². The average molecular weight is 298 g/mol. The minimum atomic E-state index is 0. The van der Waals surface area contributed by atoms with Crippen molar-refractivity contribution in [1.29, 1.82) is 0 Å². The van der Waals surface area contributed by atoms with Crippen LogP contribution >= 0.6 is 12.4 Å². The minimum Gasteiger partial charge on any atom is -0.372 e. The molecular weight excluding hydrogens is 266 g/mol. The highest BCUT2D eigenvalue weighted by molar-refractivity contribution is 5.85. The highest BCUT2D eigenvalue weighted by atomic mass is 35.5. The zero-order valence-electron chi connectivity index (χ0n) is 13.5. The molecule has 1 aromatic rings. The van der Waals surface area contributed by atoms with Crippen LogP contribution in [0.4, 0.5) is 5.69 Å². The number of hydrogen-bond donors (Lipinski definition) is 0. The predicted octanol–water partition coefficient (Wildman–Crippen LogP) is 5.86. The van der Waals surface area contributed by atoms with E-state index in [9.17, 15) is 0 Å². The Morgan fingerprint density at radius 2 is 1.40 bits per heavy atom. The fourth-order valence-electron chi connectivity index (χ4n) is 2.69. The molecule has 0 aliphatic carbocycles. The summed E-state index contributed by atoms with van der Waals surface area (Å²) in [5, 5.41) is 0. The van der Waals surface area contributed by atoms with E-state index in [1.807, 2.05) is 0 Å². The summed E-state index contributed by atoms with van der Waals surface area (Å²) in [7, 11) is 0. The van der Waals surface area contributed by atoms with Crippen molar-refractivity contribution < 1.29 is 0 Å². The van der Waals surface area contributed by atoms with Gasteiger partial charge in [0, 0.05) is 18.8 Å². The number of para-hydroxylation sites is 1. The Balaban J connectivity index is 0.00000361. The summed E-state index contributed by atoms with van der Waals surface area (Å²) in [5.41, 5.74) is 2.97. The molecule has 1 nitrogen and oxygen atoms in total. The Bertz CT molecular complexity index is 334. The fourth-order valence-corrected chi connectivity index (χ4v) is 2.69. The first kappa shape index (κ1) is 19.3. The van der Waals surface area contributed by atoms with Crippen LogP contribution in [0.5, 0.6) is 0 Å². The summed E-state index contributed by atoms with van der Waals surface area (Å²) in [4.78, 5) is 2.46. The molecule has 0 spiro atoms. The van der Waals surface area contributed by atoms with E-state index in [2.05, 4.69) is 49.9 Å². The highest BCUT2D eigenvalue weighted by Crippen LogP contribution is 2.22. The van der Waals surface area contributed by atoms with Crippen molar-refractivity contribution in [2.45, 2.75) is 65.7 Å². The lowest BCUT2D eigenvalue weighted by molar-refractivity contribution is 0.607. The van der Waals surface area contributed by atoms with E-state index in [1.165, 1.54) is 56.2 Å². The third-order valence-corrected chi connectivity index (χ3v) is 3.90. The predicted molar refractivity (Wildman–Crippen MR) is 94.3 cm³/mol. The third kappa shape index (κ3) is 6.65. The largest absolute Gasteiger partial charge is 0.372 e. The van der Waals surface area contributed by atoms with E-state index < -0.39 is 0 Å². The summed E-state index contributed by atoms with van der Waals surface area (Å²) in [6.45, 7) is 8.96. The molecule has 0 atom stereocenters. The third-order valence-electron chi connectivity index (χ3n) is 3.90. The lowest BCUT2D eigenvalue weighted by atomic mass is 10.0. The summed E-state index contributed by atoms with van der Waals surface area (Å²) < 4.78 is 0. The van der Waals surface area contributed by atoms with Gasteiger partial charge in [0.1, 0.15) is 0 Å². The molecule has 1 aromatic carbocycles. The number of rotatable bonds is 10. The van der Waals surface area contributed by atoms with Gasteiger partial charge in [-0.05, 0) is 38.3 Å². The van der Waals surface area contributed by atoms with Gasteiger partial charge in [-0.2, -0.15) is 0 Å². The van der Waals surface area contributed by atoms with Crippen LogP contribution in [0.2, 0.25) is 0 Å². The van der Waals surface area contributed by atoms with Crippen molar-refractivity contribution in [3.8, 4) is 0 Å². The van der Waals surface area contributed by atoms with Gasteiger partial charge in [0.25, 0.3) is 0 Å². The molecule has 0 saturated carbocycles. The summed E-state index contributed by atoms with van der Waals surface area (Å²) in [6, 6.07) is 8.93. The topological polar surface area (TPSA) is 3.24 Å². The van der Waals surface area contributed by atoms with E-state index in [1.54, 1.807) is 0 Å². The highest BCUT2D eigenvalue weighted by Gasteiger charge is 2.06. The molecule has 0 aromatic heterocycles. The van der Waals surface area contributed by atoms with Crippen LogP contribution in [-0.4, -0.2) is 13.1 Å². The molecular formula is C18H32ClN. The monoisotopic (exact) mass is 297 g/mol. The number of hydrogen-bond acceptors (Lipinski definition) is 1. The number of benzene rings is 1. The number of halogens is 1. The first-order valence-electron chi connectivity index (χ1n) is 8.16. The van der Waals surface area contributed by atoms with Gasteiger partial charge in [-0.3, -0.25) is 0 Å². The zero-order valence-corrected chi connectivity index (χ0v) is 14.3. The normalized spacial score (nSPS) is 10.2. The van der Waals surface area contributed by atoms with Crippen LogP contribution in [0, 0.1) is 0 Å². The van der Waals surface area contributed by atoms with Gasteiger partial charge in [0.15, 0.2) is 0 Å². The first-order valence-corrected chi connectivity index (χ1v) is 8.16. The SMILES string of the molecule is CCCCCCCCc1ccccc1N(CC)CC.Cl. The number of nitrogens with zero attached hydrogens (tertiary/aromatic N) is 1. The lowest BCUT2D eigenvalue weighted by Crippen LogP contribution is -2.23. The molecule has 0 aliphatic heterocycles. The van der Waals surface area contributed by atoms with Gasteiger partial charge in [-0.15, -0.1) is 12.4 Å².